The predicted octanol–water partition coefficient (Wildman–Crippen LogP) is 8.88. The summed E-state index contributed by atoms with van der Waals surface area (Å²) in [6, 6.07) is 1.49. The molecule has 0 aliphatic rings. The van der Waals surface area contributed by atoms with Gasteiger partial charge in [-0.3, -0.25) is 0 Å². The van der Waals surface area contributed by atoms with Gasteiger partial charge in [-0.15, -0.1) is 0 Å². The fourth-order valence-electron chi connectivity index (χ4n) is 4.24. The summed E-state index contributed by atoms with van der Waals surface area (Å²) in [5.41, 5.74) is 0. The zero-order chi connectivity index (χ0) is 21.1. The van der Waals surface area contributed by atoms with Gasteiger partial charge in [-0.1, -0.05) is 123 Å². The molecule has 0 aromatic carbocycles. The lowest BCUT2D eigenvalue weighted by atomic mass is 10.0. The van der Waals surface area contributed by atoms with E-state index in [1.165, 1.54) is 133 Å². The molecule has 0 aliphatic carbocycles. The second-order valence-electron chi connectivity index (χ2n) is 11.4. The van der Waals surface area contributed by atoms with Crippen molar-refractivity contribution in [3.05, 3.63) is 0 Å². The molecule has 0 heterocycles. The van der Waals surface area contributed by atoms with Crippen molar-refractivity contribution in [1.82, 2.24) is 0 Å². The Morgan fingerprint density at radius 1 is 0.483 bits per heavy atom. The lowest BCUT2D eigenvalue weighted by Crippen LogP contribution is -2.41. The molecule has 0 aliphatic heterocycles. The Hall–Kier alpha value is 0.137. The summed E-state index contributed by atoms with van der Waals surface area (Å²) in [6.45, 7) is 12.6. The Balaban J connectivity index is 0. The quantitative estimate of drug-likeness (QED) is 0.102. The molecule has 0 aromatic rings. The summed E-state index contributed by atoms with van der Waals surface area (Å²) in [5, 5.41) is 0. The fourth-order valence-corrected chi connectivity index (χ4v) is 5.46. The molecule has 29 heavy (non-hydrogen) atoms. The molecule has 0 saturated heterocycles. The SMILES string of the molecule is CCCCCCCCCCCCCCCCCC[N+](C)(C)CCC[Si](C)(C)C.[OH-]. The maximum absolute atomic E-state index is 2.50. The number of nitrogens with zero attached hydrogens (tertiary/aromatic N) is 1. The third-order valence-electron chi connectivity index (χ3n) is 6.31. The lowest BCUT2D eigenvalue weighted by molar-refractivity contribution is -0.890. The first kappa shape index (κ1) is 31.3. The molecule has 1 N–H and O–H groups in total. The van der Waals surface area contributed by atoms with E-state index in [1.54, 1.807) is 0 Å². The summed E-state index contributed by atoms with van der Waals surface area (Å²) in [7, 11) is 4.04. The van der Waals surface area contributed by atoms with Crippen LogP contribution in [0.3, 0.4) is 0 Å². The fraction of sp³-hybridized carbons (Fsp3) is 1.00. The van der Waals surface area contributed by atoms with Crippen LogP contribution in [0.5, 0.6) is 0 Å². The van der Waals surface area contributed by atoms with Crippen molar-refractivity contribution >= 4 is 8.07 Å². The van der Waals surface area contributed by atoms with Gasteiger partial charge in [0.05, 0.1) is 27.2 Å². The largest absolute Gasteiger partial charge is 0.870 e. The molecule has 0 aromatic heterocycles. The van der Waals surface area contributed by atoms with Crippen molar-refractivity contribution in [3.63, 3.8) is 0 Å². The Kier molecular flexibility index (Phi) is 21.7. The van der Waals surface area contributed by atoms with E-state index in [2.05, 4.69) is 40.7 Å². The number of hydrogen-bond acceptors (Lipinski definition) is 1. The van der Waals surface area contributed by atoms with Crippen LogP contribution in [0.15, 0.2) is 0 Å². The van der Waals surface area contributed by atoms with E-state index in [0.29, 0.717) is 0 Å². The first-order valence-electron chi connectivity index (χ1n) is 13.1. The summed E-state index contributed by atoms with van der Waals surface area (Å²) in [5.74, 6) is 0. The van der Waals surface area contributed by atoms with Gasteiger partial charge in [-0.05, 0) is 19.3 Å². The highest BCUT2D eigenvalue weighted by atomic mass is 28.3. The molecular weight excluding hydrogens is 370 g/mol. The normalized spacial score (nSPS) is 12.2. The molecular formula is C26H59NOSi. The van der Waals surface area contributed by atoms with E-state index >= 15 is 0 Å². The highest BCUT2D eigenvalue weighted by Crippen LogP contribution is 2.16. The first-order chi connectivity index (χ1) is 13.3. The Morgan fingerprint density at radius 2 is 0.793 bits per heavy atom. The van der Waals surface area contributed by atoms with Crippen molar-refractivity contribution in [2.75, 3.05) is 27.2 Å². The smallest absolute Gasteiger partial charge is 0.0782 e. The van der Waals surface area contributed by atoms with Gasteiger partial charge in [0, 0.05) is 8.07 Å². The minimum absolute atomic E-state index is 0. The first-order valence-corrected chi connectivity index (χ1v) is 16.8. The van der Waals surface area contributed by atoms with Crippen LogP contribution in [0.2, 0.25) is 25.7 Å². The van der Waals surface area contributed by atoms with Crippen LogP contribution < -0.4 is 0 Å². The molecule has 0 unspecified atom stereocenters. The van der Waals surface area contributed by atoms with Crippen LogP contribution in [0, 0.1) is 0 Å². The zero-order valence-electron chi connectivity index (χ0n) is 21.5. The molecule has 0 rings (SSSR count). The van der Waals surface area contributed by atoms with Gasteiger partial charge in [0.25, 0.3) is 0 Å². The minimum Gasteiger partial charge on any atom is -0.870 e. The molecule has 3 heteroatoms. The van der Waals surface area contributed by atoms with Crippen LogP contribution in [-0.4, -0.2) is 45.2 Å². The van der Waals surface area contributed by atoms with E-state index in [9.17, 15) is 0 Å². The summed E-state index contributed by atoms with van der Waals surface area (Å²) < 4.78 is 1.24. The summed E-state index contributed by atoms with van der Waals surface area (Å²) in [4.78, 5) is 0. The van der Waals surface area contributed by atoms with Gasteiger partial charge in [0.15, 0.2) is 0 Å². The predicted molar refractivity (Wildman–Crippen MR) is 136 cm³/mol. The van der Waals surface area contributed by atoms with Crippen LogP contribution in [0.1, 0.15) is 116 Å². The molecule has 0 saturated carbocycles. The second kappa shape index (κ2) is 20.1. The molecule has 0 spiro atoms. The third kappa shape index (κ3) is 26.1. The lowest BCUT2D eigenvalue weighted by Gasteiger charge is -2.31. The second-order valence-corrected chi connectivity index (χ2v) is 17.0. The molecule has 2 nitrogen and oxygen atoms in total. The van der Waals surface area contributed by atoms with Crippen molar-refractivity contribution in [2.45, 2.75) is 142 Å². The number of rotatable bonds is 21. The average molecular weight is 430 g/mol. The Bertz CT molecular complexity index is 325. The molecule has 0 amide bonds. The topological polar surface area (TPSA) is 30.0 Å². The number of unbranched alkanes of at least 4 members (excludes halogenated alkanes) is 15. The van der Waals surface area contributed by atoms with Gasteiger partial charge in [-0.25, -0.2) is 0 Å². The Morgan fingerprint density at radius 3 is 1.14 bits per heavy atom. The maximum Gasteiger partial charge on any atom is 0.0782 e. The minimum atomic E-state index is -0.843. The number of quaternary nitrogens is 1. The molecule has 178 valence electrons. The van der Waals surface area contributed by atoms with Gasteiger partial charge in [0.1, 0.15) is 0 Å². The van der Waals surface area contributed by atoms with E-state index < -0.39 is 8.07 Å². The van der Waals surface area contributed by atoms with Crippen molar-refractivity contribution < 1.29 is 9.96 Å². The van der Waals surface area contributed by atoms with E-state index in [0.717, 1.165) is 0 Å². The zero-order valence-corrected chi connectivity index (χ0v) is 22.5. The van der Waals surface area contributed by atoms with Crippen molar-refractivity contribution in [2.24, 2.45) is 0 Å². The molecule has 0 fully saturated rings. The Labute approximate surface area is 187 Å². The number of hydrogen-bond donors (Lipinski definition) is 0. The van der Waals surface area contributed by atoms with Crippen LogP contribution in [0.4, 0.5) is 0 Å². The molecule has 0 radical (unpaired) electrons. The van der Waals surface area contributed by atoms with Gasteiger partial charge < -0.3 is 9.96 Å². The van der Waals surface area contributed by atoms with E-state index in [-0.39, 0.29) is 5.48 Å². The monoisotopic (exact) mass is 429 g/mol. The average Bonchev–Trinajstić information content (AvgIpc) is 2.60. The maximum atomic E-state index is 2.50. The highest BCUT2D eigenvalue weighted by Gasteiger charge is 2.18. The van der Waals surface area contributed by atoms with Gasteiger partial charge >= 0.3 is 0 Å². The van der Waals surface area contributed by atoms with Gasteiger partial charge in [-0.2, -0.15) is 0 Å². The van der Waals surface area contributed by atoms with Crippen LogP contribution >= 0.6 is 0 Å². The third-order valence-corrected chi connectivity index (χ3v) is 8.16. The summed E-state index contributed by atoms with van der Waals surface area (Å²) >= 11 is 0. The van der Waals surface area contributed by atoms with E-state index in [1.807, 2.05) is 0 Å². The van der Waals surface area contributed by atoms with E-state index in [4.69, 9.17) is 0 Å². The molecule has 0 bridgehead atoms. The highest BCUT2D eigenvalue weighted by molar-refractivity contribution is 6.76. The molecule has 0 atom stereocenters. The van der Waals surface area contributed by atoms with Crippen LogP contribution in [0.25, 0.3) is 0 Å². The van der Waals surface area contributed by atoms with Gasteiger partial charge in [0.2, 0.25) is 0 Å². The standard InChI is InChI=1S/C26H58NSi.H2O/c1-7-8-9-10-11-12-13-14-15-16-17-18-19-20-21-22-24-27(2,3)25-23-26-28(4,5)6;/h7-26H2,1-6H3;1H2/q+1;/p-1. The van der Waals surface area contributed by atoms with Crippen LogP contribution in [-0.2, 0) is 0 Å². The van der Waals surface area contributed by atoms with Crippen molar-refractivity contribution in [3.8, 4) is 0 Å². The summed E-state index contributed by atoms with van der Waals surface area (Å²) in [6.07, 6.45) is 24.9. The van der Waals surface area contributed by atoms with Crippen molar-refractivity contribution in [1.29, 1.82) is 0 Å².